The number of benzene rings is 1. The van der Waals surface area contributed by atoms with Crippen molar-refractivity contribution in [1.29, 1.82) is 0 Å². The van der Waals surface area contributed by atoms with Crippen molar-refractivity contribution >= 4 is 0 Å². The monoisotopic (exact) mass is 258 g/mol. The summed E-state index contributed by atoms with van der Waals surface area (Å²) in [6.07, 6.45) is 5.28. The van der Waals surface area contributed by atoms with Crippen LogP contribution < -0.4 is 5.32 Å². The standard InChI is InChI=1S/C17H26N2/c1-3-13-10-11-19(12-13)16-9-8-14-6-4-5-7-15(14)17(16)18-2/h4-7,13,16-18H,3,8-12H2,1-2H3. The number of hydrogen-bond donors (Lipinski definition) is 1. The fourth-order valence-corrected chi connectivity index (χ4v) is 3.98. The first-order chi connectivity index (χ1) is 9.33. The first-order valence-corrected chi connectivity index (χ1v) is 7.82. The largest absolute Gasteiger partial charge is 0.312 e. The highest BCUT2D eigenvalue weighted by Gasteiger charge is 2.35. The van der Waals surface area contributed by atoms with Gasteiger partial charge in [-0.05, 0) is 49.9 Å². The zero-order valence-corrected chi connectivity index (χ0v) is 12.2. The Balaban J connectivity index is 1.80. The second kappa shape index (κ2) is 5.64. The summed E-state index contributed by atoms with van der Waals surface area (Å²) in [5, 5.41) is 3.58. The van der Waals surface area contributed by atoms with Crippen LogP contribution in [0.5, 0.6) is 0 Å². The lowest BCUT2D eigenvalue weighted by Gasteiger charge is -2.39. The second-order valence-corrected chi connectivity index (χ2v) is 6.13. The molecule has 2 heteroatoms. The van der Waals surface area contributed by atoms with Gasteiger partial charge in [0, 0.05) is 18.6 Å². The van der Waals surface area contributed by atoms with Gasteiger partial charge in [-0.1, -0.05) is 37.6 Å². The molecule has 19 heavy (non-hydrogen) atoms. The van der Waals surface area contributed by atoms with E-state index in [-0.39, 0.29) is 0 Å². The van der Waals surface area contributed by atoms with Gasteiger partial charge in [0.2, 0.25) is 0 Å². The molecule has 1 N–H and O–H groups in total. The number of aryl methyl sites for hydroxylation is 1. The third-order valence-electron chi connectivity index (χ3n) is 5.16. The van der Waals surface area contributed by atoms with Crippen molar-refractivity contribution in [3.8, 4) is 0 Å². The summed E-state index contributed by atoms with van der Waals surface area (Å²) in [5.41, 5.74) is 3.07. The minimum Gasteiger partial charge on any atom is -0.312 e. The third-order valence-corrected chi connectivity index (χ3v) is 5.16. The summed E-state index contributed by atoms with van der Waals surface area (Å²) >= 11 is 0. The zero-order chi connectivity index (χ0) is 13.2. The van der Waals surface area contributed by atoms with Crippen molar-refractivity contribution in [1.82, 2.24) is 10.2 Å². The minimum atomic E-state index is 0.514. The topological polar surface area (TPSA) is 15.3 Å². The van der Waals surface area contributed by atoms with Crippen LogP contribution >= 0.6 is 0 Å². The lowest BCUT2D eigenvalue weighted by atomic mass is 9.83. The minimum absolute atomic E-state index is 0.514. The van der Waals surface area contributed by atoms with Crippen molar-refractivity contribution in [3.05, 3.63) is 35.4 Å². The van der Waals surface area contributed by atoms with Gasteiger partial charge in [0.05, 0.1) is 0 Å². The van der Waals surface area contributed by atoms with Crippen LogP contribution in [0, 0.1) is 5.92 Å². The molecule has 1 aliphatic carbocycles. The molecule has 3 unspecified atom stereocenters. The lowest BCUT2D eigenvalue weighted by molar-refractivity contribution is 0.170. The van der Waals surface area contributed by atoms with Gasteiger partial charge < -0.3 is 5.32 Å². The van der Waals surface area contributed by atoms with Crippen molar-refractivity contribution in [2.75, 3.05) is 20.1 Å². The molecule has 3 rings (SSSR count). The highest BCUT2D eigenvalue weighted by atomic mass is 15.2. The number of likely N-dealkylation sites (N-methyl/N-ethyl adjacent to an activating group) is 1. The molecular formula is C17H26N2. The van der Waals surface area contributed by atoms with Crippen molar-refractivity contribution in [2.24, 2.45) is 5.92 Å². The molecule has 3 atom stereocenters. The Hall–Kier alpha value is -0.860. The number of rotatable bonds is 3. The first-order valence-electron chi connectivity index (χ1n) is 7.82. The average Bonchev–Trinajstić information content (AvgIpc) is 2.94. The van der Waals surface area contributed by atoms with Crippen LogP contribution in [0.25, 0.3) is 0 Å². The van der Waals surface area contributed by atoms with Crippen LogP contribution in [-0.4, -0.2) is 31.1 Å². The summed E-state index contributed by atoms with van der Waals surface area (Å²) in [6, 6.07) is 10.2. The maximum atomic E-state index is 3.58. The van der Waals surface area contributed by atoms with Crippen molar-refractivity contribution in [2.45, 2.75) is 44.7 Å². The Morgan fingerprint density at radius 3 is 2.84 bits per heavy atom. The van der Waals surface area contributed by atoms with E-state index in [0.29, 0.717) is 12.1 Å². The van der Waals surface area contributed by atoms with E-state index in [4.69, 9.17) is 0 Å². The van der Waals surface area contributed by atoms with Gasteiger partial charge in [0.25, 0.3) is 0 Å². The fraction of sp³-hybridized carbons (Fsp3) is 0.647. The van der Waals surface area contributed by atoms with Gasteiger partial charge in [0.15, 0.2) is 0 Å². The van der Waals surface area contributed by atoms with E-state index in [1.807, 2.05) is 0 Å². The van der Waals surface area contributed by atoms with E-state index in [0.717, 1.165) is 5.92 Å². The molecule has 1 aliphatic heterocycles. The van der Waals surface area contributed by atoms with Crippen LogP contribution in [0.15, 0.2) is 24.3 Å². The Morgan fingerprint density at radius 2 is 2.11 bits per heavy atom. The van der Waals surface area contributed by atoms with Crippen LogP contribution in [-0.2, 0) is 6.42 Å². The molecule has 0 bridgehead atoms. The molecule has 0 amide bonds. The van der Waals surface area contributed by atoms with Crippen LogP contribution in [0.2, 0.25) is 0 Å². The van der Waals surface area contributed by atoms with Gasteiger partial charge in [-0.25, -0.2) is 0 Å². The van der Waals surface area contributed by atoms with Crippen LogP contribution in [0.4, 0.5) is 0 Å². The summed E-state index contributed by atoms with van der Waals surface area (Å²) < 4.78 is 0. The summed E-state index contributed by atoms with van der Waals surface area (Å²) in [4.78, 5) is 2.74. The molecule has 2 nitrogen and oxygen atoms in total. The highest BCUT2D eigenvalue weighted by molar-refractivity contribution is 5.34. The zero-order valence-electron chi connectivity index (χ0n) is 12.2. The molecule has 0 radical (unpaired) electrons. The van der Waals surface area contributed by atoms with Crippen molar-refractivity contribution < 1.29 is 0 Å². The van der Waals surface area contributed by atoms with E-state index in [9.17, 15) is 0 Å². The molecule has 1 aromatic rings. The molecule has 2 aliphatic rings. The highest BCUT2D eigenvalue weighted by Crippen LogP contribution is 2.35. The van der Waals surface area contributed by atoms with Crippen LogP contribution in [0.1, 0.15) is 43.4 Å². The number of hydrogen-bond acceptors (Lipinski definition) is 2. The lowest BCUT2D eigenvalue weighted by Crippen LogP contribution is -2.45. The third kappa shape index (κ3) is 2.44. The van der Waals surface area contributed by atoms with E-state index in [2.05, 4.69) is 48.5 Å². The number of fused-ring (bicyclic) bond motifs is 1. The van der Waals surface area contributed by atoms with E-state index in [1.165, 1.54) is 44.3 Å². The normalized spacial score (nSPS) is 31.4. The average molecular weight is 258 g/mol. The molecule has 1 aromatic carbocycles. The Labute approximate surface area is 117 Å². The summed E-state index contributed by atoms with van der Waals surface area (Å²) in [6.45, 7) is 4.94. The van der Waals surface area contributed by atoms with E-state index >= 15 is 0 Å². The molecule has 1 heterocycles. The molecule has 0 spiro atoms. The Morgan fingerprint density at radius 1 is 1.26 bits per heavy atom. The Bertz CT molecular complexity index is 429. The summed E-state index contributed by atoms with van der Waals surface area (Å²) in [5.74, 6) is 0.926. The predicted octanol–water partition coefficient (Wildman–Crippen LogP) is 2.99. The summed E-state index contributed by atoms with van der Waals surface area (Å²) in [7, 11) is 2.12. The molecule has 1 fully saturated rings. The van der Waals surface area contributed by atoms with Gasteiger partial charge in [0.1, 0.15) is 0 Å². The van der Waals surface area contributed by atoms with Gasteiger partial charge in [-0.2, -0.15) is 0 Å². The number of nitrogens with one attached hydrogen (secondary N) is 1. The molecule has 0 aromatic heterocycles. The van der Waals surface area contributed by atoms with E-state index < -0.39 is 0 Å². The SMILES string of the molecule is CCC1CCN(C2CCc3ccccc3C2NC)C1. The molecule has 104 valence electrons. The smallest absolute Gasteiger partial charge is 0.0478 e. The van der Waals surface area contributed by atoms with E-state index in [1.54, 1.807) is 5.56 Å². The molecule has 1 saturated heterocycles. The number of likely N-dealkylation sites (tertiary alicyclic amines) is 1. The maximum Gasteiger partial charge on any atom is 0.0478 e. The quantitative estimate of drug-likeness (QED) is 0.896. The fourth-order valence-electron chi connectivity index (χ4n) is 3.98. The van der Waals surface area contributed by atoms with Gasteiger partial charge >= 0.3 is 0 Å². The molecule has 0 saturated carbocycles. The number of nitrogens with zero attached hydrogens (tertiary/aromatic N) is 1. The predicted molar refractivity (Wildman–Crippen MR) is 80.3 cm³/mol. The van der Waals surface area contributed by atoms with Crippen molar-refractivity contribution in [3.63, 3.8) is 0 Å². The Kier molecular flexibility index (Phi) is 3.90. The van der Waals surface area contributed by atoms with Gasteiger partial charge in [-0.3, -0.25) is 4.90 Å². The first kappa shape index (κ1) is 13.1. The van der Waals surface area contributed by atoms with Crippen LogP contribution in [0.3, 0.4) is 0 Å². The maximum absolute atomic E-state index is 3.58. The second-order valence-electron chi connectivity index (χ2n) is 6.13. The van der Waals surface area contributed by atoms with Gasteiger partial charge in [-0.15, -0.1) is 0 Å². The molecular weight excluding hydrogens is 232 g/mol.